The van der Waals surface area contributed by atoms with E-state index >= 15 is 0 Å². The molecule has 1 fully saturated rings. The Hall–Kier alpha value is -1.00. The molecule has 18 heavy (non-hydrogen) atoms. The van der Waals surface area contributed by atoms with Gasteiger partial charge in [0.2, 0.25) is 0 Å². The highest BCUT2D eigenvalue weighted by Crippen LogP contribution is 2.28. The number of amides is 1. The average Bonchev–Trinajstić information content (AvgIpc) is 2.86. The van der Waals surface area contributed by atoms with Crippen LogP contribution in [0.5, 0.6) is 0 Å². The minimum atomic E-state index is 0.0320. The zero-order valence-electron chi connectivity index (χ0n) is 10.7. The summed E-state index contributed by atoms with van der Waals surface area (Å²) in [7, 11) is 0. The van der Waals surface area contributed by atoms with E-state index in [0.29, 0.717) is 17.8 Å². The second-order valence-electron chi connectivity index (χ2n) is 4.69. The molecule has 1 aromatic rings. The van der Waals surface area contributed by atoms with Gasteiger partial charge in [-0.1, -0.05) is 18.6 Å². The lowest BCUT2D eigenvalue weighted by Gasteiger charge is -2.19. The molecule has 1 amide bonds. The first-order valence-corrected chi connectivity index (χ1v) is 7.66. The summed E-state index contributed by atoms with van der Waals surface area (Å²) in [5.74, 6) is 0.0320. The molecule has 2 atom stereocenters. The molecule has 0 spiro atoms. The fraction of sp³-hybridized carbons (Fsp3) is 0.500. The number of nitrogens with two attached hydrogens (primary N) is 1. The number of rotatable bonds is 4. The predicted octanol–water partition coefficient (Wildman–Crippen LogP) is 2.16. The lowest BCUT2D eigenvalue weighted by atomic mass is 10.1. The van der Waals surface area contributed by atoms with Crippen LogP contribution in [0, 0.1) is 0 Å². The zero-order chi connectivity index (χ0) is 13.0. The largest absolute Gasteiger partial charge is 0.348 e. The summed E-state index contributed by atoms with van der Waals surface area (Å²) in [4.78, 5) is 12.1. The highest BCUT2D eigenvalue weighted by Gasteiger charge is 2.27. The molecule has 1 aliphatic rings. The van der Waals surface area contributed by atoms with Crippen molar-refractivity contribution in [1.82, 2.24) is 5.32 Å². The molecule has 1 saturated carbocycles. The maximum Gasteiger partial charge on any atom is 0.251 e. The molecule has 1 aromatic carbocycles. The van der Waals surface area contributed by atoms with Crippen molar-refractivity contribution in [1.29, 1.82) is 0 Å². The summed E-state index contributed by atoms with van der Waals surface area (Å²) in [6, 6.07) is 7.84. The van der Waals surface area contributed by atoms with E-state index in [2.05, 4.69) is 11.6 Å². The molecule has 0 saturated heterocycles. The van der Waals surface area contributed by atoms with Crippen LogP contribution >= 0.6 is 11.8 Å². The van der Waals surface area contributed by atoms with Gasteiger partial charge in [-0.2, -0.15) is 11.8 Å². The molecule has 2 rings (SSSR count). The van der Waals surface area contributed by atoms with Crippen LogP contribution in [-0.4, -0.2) is 23.5 Å². The number of benzene rings is 1. The molecule has 98 valence electrons. The van der Waals surface area contributed by atoms with Gasteiger partial charge < -0.3 is 11.1 Å². The number of hydrogen-bond donors (Lipinski definition) is 2. The number of nitrogens with one attached hydrogen (secondary N) is 1. The first kappa shape index (κ1) is 13.4. The fourth-order valence-corrected chi connectivity index (χ4v) is 3.35. The van der Waals surface area contributed by atoms with Crippen LogP contribution in [0.15, 0.2) is 24.3 Å². The van der Waals surface area contributed by atoms with Crippen LogP contribution in [0.3, 0.4) is 0 Å². The topological polar surface area (TPSA) is 55.1 Å². The van der Waals surface area contributed by atoms with Gasteiger partial charge in [0, 0.05) is 23.4 Å². The maximum absolute atomic E-state index is 12.1. The predicted molar refractivity (Wildman–Crippen MR) is 76.7 cm³/mol. The summed E-state index contributed by atoms with van der Waals surface area (Å²) < 4.78 is 0. The second-order valence-corrected chi connectivity index (χ2v) is 5.76. The van der Waals surface area contributed by atoms with E-state index in [1.54, 1.807) is 0 Å². The van der Waals surface area contributed by atoms with Crippen molar-refractivity contribution in [3.63, 3.8) is 0 Å². The summed E-state index contributed by atoms with van der Waals surface area (Å²) in [5, 5.41) is 3.71. The van der Waals surface area contributed by atoms with Crippen LogP contribution in [0.1, 0.15) is 35.2 Å². The third-order valence-corrected chi connectivity index (χ3v) is 4.69. The minimum absolute atomic E-state index is 0.0320. The van der Waals surface area contributed by atoms with Gasteiger partial charge in [-0.15, -0.1) is 0 Å². The SMILES string of the molecule is CSC1CCCC1NC(=O)c1ccc(CN)cc1. The van der Waals surface area contributed by atoms with E-state index in [1.807, 2.05) is 36.0 Å². The number of carbonyl (C=O) groups is 1. The van der Waals surface area contributed by atoms with Crippen LogP contribution < -0.4 is 11.1 Å². The summed E-state index contributed by atoms with van der Waals surface area (Å²) >= 11 is 1.85. The van der Waals surface area contributed by atoms with Crippen LogP contribution in [0.25, 0.3) is 0 Å². The molecule has 0 aliphatic heterocycles. The van der Waals surface area contributed by atoms with Crippen molar-refractivity contribution in [3.8, 4) is 0 Å². The van der Waals surface area contributed by atoms with Crippen molar-refractivity contribution in [2.75, 3.05) is 6.26 Å². The Balaban J connectivity index is 1.98. The number of thioether (sulfide) groups is 1. The Morgan fingerprint density at radius 2 is 2.11 bits per heavy atom. The van der Waals surface area contributed by atoms with Crippen LogP contribution in [-0.2, 0) is 6.54 Å². The van der Waals surface area contributed by atoms with E-state index in [9.17, 15) is 4.79 Å². The molecule has 3 nitrogen and oxygen atoms in total. The fourth-order valence-electron chi connectivity index (χ4n) is 2.42. The Bertz CT molecular complexity index is 405. The van der Waals surface area contributed by atoms with Gasteiger partial charge in [0.25, 0.3) is 5.91 Å². The smallest absolute Gasteiger partial charge is 0.251 e. The van der Waals surface area contributed by atoms with Gasteiger partial charge in [-0.05, 0) is 36.8 Å². The monoisotopic (exact) mass is 264 g/mol. The first-order valence-electron chi connectivity index (χ1n) is 6.37. The average molecular weight is 264 g/mol. The standard InChI is InChI=1S/C14H20N2OS/c1-18-13-4-2-3-12(13)16-14(17)11-7-5-10(9-15)6-8-11/h5-8,12-13H,2-4,9,15H2,1H3,(H,16,17). The van der Waals surface area contributed by atoms with E-state index < -0.39 is 0 Å². The Labute approximate surface area is 113 Å². The van der Waals surface area contributed by atoms with Crippen LogP contribution in [0.2, 0.25) is 0 Å². The van der Waals surface area contributed by atoms with E-state index in [4.69, 9.17) is 5.73 Å². The molecule has 2 unspecified atom stereocenters. The number of carbonyl (C=O) groups excluding carboxylic acids is 1. The third kappa shape index (κ3) is 3.06. The van der Waals surface area contributed by atoms with Gasteiger partial charge in [0.05, 0.1) is 0 Å². The molecule has 1 aliphatic carbocycles. The molecular weight excluding hydrogens is 244 g/mol. The quantitative estimate of drug-likeness (QED) is 0.876. The highest BCUT2D eigenvalue weighted by atomic mass is 32.2. The highest BCUT2D eigenvalue weighted by molar-refractivity contribution is 7.99. The van der Waals surface area contributed by atoms with Crippen molar-refractivity contribution < 1.29 is 4.79 Å². The Morgan fingerprint density at radius 1 is 1.39 bits per heavy atom. The molecule has 0 radical (unpaired) electrons. The first-order chi connectivity index (χ1) is 8.74. The molecule has 0 bridgehead atoms. The van der Waals surface area contributed by atoms with Gasteiger partial charge >= 0.3 is 0 Å². The number of hydrogen-bond acceptors (Lipinski definition) is 3. The molecule has 0 aromatic heterocycles. The van der Waals surface area contributed by atoms with Crippen molar-refractivity contribution in [3.05, 3.63) is 35.4 Å². The zero-order valence-corrected chi connectivity index (χ0v) is 11.5. The van der Waals surface area contributed by atoms with Gasteiger partial charge in [-0.25, -0.2) is 0 Å². The molecular formula is C14H20N2OS. The summed E-state index contributed by atoms with van der Waals surface area (Å²) in [6.07, 6.45) is 5.63. The summed E-state index contributed by atoms with van der Waals surface area (Å²) in [5.41, 5.74) is 7.31. The third-order valence-electron chi connectivity index (χ3n) is 3.52. The molecule has 3 N–H and O–H groups in total. The van der Waals surface area contributed by atoms with E-state index in [0.717, 1.165) is 17.5 Å². The van der Waals surface area contributed by atoms with Crippen molar-refractivity contribution in [2.24, 2.45) is 5.73 Å². The Kier molecular flexibility index (Phi) is 4.66. The lowest BCUT2D eigenvalue weighted by Crippen LogP contribution is -2.38. The van der Waals surface area contributed by atoms with E-state index in [-0.39, 0.29) is 5.91 Å². The van der Waals surface area contributed by atoms with Gasteiger partial charge in [-0.3, -0.25) is 4.79 Å². The van der Waals surface area contributed by atoms with Crippen molar-refractivity contribution >= 4 is 17.7 Å². The molecule has 0 heterocycles. The normalized spacial score (nSPS) is 23.0. The van der Waals surface area contributed by atoms with Crippen molar-refractivity contribution in [2.45, 2.75) is 37.1 Å². The summed E-state index contributed by atoms with van der Waals surface area (Å²) in [6.45, 7) is 0.513. The Morgan fingerprint density at radius 3 is 2.72 bits per heavy atom. The molecule has 4 heteroatoms. The van der Waals surface area contributed by atoms with E-state index in [1.165, 1.54) is 12.8 Å². The lowest BCUT2D eigenvalue weighted by molar-refractivity contribution is 0.0938. The second kappa shape index (κ2) is 6.25. The van der Waals surface area contributed by atoms with Crippen LogP contribution in [0.4, 0.5) is 0 Å². The maximum atomic E-state index is 12.1. The minimum Gasteiger partial charge on any atom is -0.348 e. The van der Waals surface area contributed by atoms with Gasteiger partial charge in [0.1, 0.15) is 0 Å². The van der Waals surface area contributed by atoms with Gasteiger partial charge in [0.15, 0.2) is 0 Å².